The minimum Gasteiger partial charge on any atom is -0.389 e. The number of anilines is 1. The molecule has 0 radical (unpaired) electrons. The maximum atomic E-state index is 9.60. The van der Waals surface area contributed by atoms with E-state index < -0.39 is 6.10 Å². The van der Waals surface area contributed by atoms with E-state index in [1.165, 1.54) is 0 Å². The number of nitrogens with zero attached hydrogens (tertiary/aromatic N) is 3. The van der Waals surface area contributed by atoms with Crippen LogP contribution in [-0.2, 0) is 13.1 Å². The first-order valence-corrected chi connectivity index (χ1v) is 7.17. The number of imidazole rings is 1. The molecule has 1 unspecified atom stereocenters. The molecular formula is C14H16BrN3O. The molecular weight excluding hydrogens is 306 g/mol. The second-order valence-corrected chi connectivity index (χ2v) is 5.70. The third kappa shape index (κ3) is 2.40. The molecule has 1 aromatic heterocycles. The molecule has 3 rings (SSSR count). The van der Waals surface area contributed by atoms with Crippen LogP contribution in [0.25, 0.3) is 0 Å². The van der Waals surface area contributed by atoms with Gasteiger partial charge in [-0.1, -0.05) is 6.07 Å². The normalized spacial score (nSPS) is 16.3. The third-order valence-corrected chi connectivity index (χ3v) is 4.17. The third-order valence-electron chi connectivity index (χ3n) is 3.54. The van der Waals surface area contributed by atoms with Crippen molar-refractivity contribution in [1.29, 1.82) is 0 Å². The van der Waals surface area contributed by atoms with Crippen LogP contribution in [0, 0.1) is 0 Å². The van der Waals surface area contributed by atoms with Crippen LogP contribution in [0.2, 0.25) is 0 Å². The number of halogens is 1. The highest BCUT2D eigenvalue weighted by Gasteiger charge is 2.19. The highest BCUT2D eigenvalue weighted by molar-refractivity contribution is 9.10. The van der Waals surface area contributed by atoms with Crippen molar-refractivity contribution in [3.8, 4) is 0 Å². The van der Waals surface area contributed by atoms with Gasteiger partial charge in [-0.2, -0.15) is 0 Å². The minimum absolute atomic E-state index is 0.439. The van der Waals surface area contributed by atoms with Crippen LogP contribution in [0.4, 0.5) is 5.69 Å². The first-order chi connectivity index (χ1) is 9.15. The van der Waals surface area contributed by atoms with Crippen molar-refractivity contribution in [3.05, 3.63) is 46.5 Å². The van der Waals surface area contributed by atoms with Gasteiger partial charge >= 0.3 is 0 Å². The zero-order valence-electron chi connectivity index (χ0n) is 10.8. The smallest absolute Gasteiger partial charge is 0.128 e. The van der Waals surface area contributed by atoms with Crippen molar-refractivity contribution in [1.82, 2.24) is 9.55 Å². The van der Waals surface area contributed by atoms with Gasteiger partial charge in [0.15, 0.2) is 0 Å². The molecule has 1 atom stereocenters. The molecule has 2 aromatic rings. The van der Waals surface area contributed by atoms with Gasteiger partial charge in [0.05, 0.1) is 18.3 Å². The van der Waals surface area contributed by atoms with E-state index in [0.29, 0.717) is 0 Å². The molecule has 0 saturated carbocycles. The predicted molar refractivity (Wildman–Crippen MR) is 78.1 cm³/mol. The monoisotopic (exact) mass is 321 g/mol. The zero-order valence-corrected chi connectivity index (χ0v) is 12.3. The Morgan fingerprint density at radius 2 is 2.21 bits per heavy atom. The van der Waals surface area contributed by atoms with Gasteiger partial charge in [0, 0.05) is 30.0 Å². The first-order valence-electron chi connectivity index (χ1n) is 6.37. The zero-order chi connectivity index (χ0) is 13.4. The predicted octanol–water partition coefficient (Wildman–Crippen LogP) is 2.72. The molecule has 19 heavy (non-hydrogen) atoms. The fourth-order valence-electron chi connectivity index (χ4n) is 2.42. The van der Waals surface area contributed by atoms with Gasteiger partial charge in [-0.25, -0.2) is 4.98 Å². The van der Waals surface area contributed by atoms with Crippen LogP contribution in [0.3, 0.4) is 0 Å². The van der Waals surface area contributed by atoms with E-state index in [9.17, 15) is 5.11 Å². The summed E-state index contributed by atoms with van der Waals surface area (Å²) in [6.07, 6.45) is 3.44. The maximum absolute atomic E-state index is 9.60. The van der Waals surface area contributed by atoms with Crippen LogP contribution in [0.1, 0.15) is 24.4 Å². The molecule has 1 aliphatic rings. The van der Waals surface area contributed by atoms with E-state index in [0.717, 1.165) is 41.2 Å². The fraction of sp³-hybridized carbons (Fsp3) is 0.357. The van der Waals surface area contributed by atoms with Crippen molar-refractivity contribution in [2.24, 2.45) is 0 Å². The molecule has 4 nitrogen and oxygen atoms in total. The second-order valence-electron chi connectivity index (χ2n) is 4.85. The van der Waals surface area contributed by atoms with Crippen molar-refractivity contribution >= 4 is 21.6 Å². The summed E-state index contributed by atoms with van der Waals surface area (Å²) in [5.74, 6) is 1.10. The molecule has 0 spiro atoms. The highest BCUT2D eigenvalue weighted by Crippen LogP contribution is 2.31. The Morgan fingerprint density at radius 3 is 2.95 bits per heavy atom. The lowest BCUT2D eigenvalue weighted by Gasteiger charge is -2.30. The van der Waals surface area contributed by atoms with Crippen LogP contribution in [0.15, 0.2) is 35.1 Å². The lowest BCUT2D eigenvalue weighted by Crippen LogP contribution is -2.33. The molecule has 1 N–H and O–H groups in total. The lowest BCUT2D eigenvalue weighted by atomic mass is 10.1. The summed E-state index contributed by atoms with van der Waals surface area (Å²) in [6.45, 7) is 4.52. The van der Waals surface area contributed by atoms with Crippen molar-refractivity contribution in [2.45, 2.75) is 26.1 Å². The van der Waals surface area contributed by atoms with E-state index in [-0.39, 0.29) is 0 Å². The Kier molecular flexibility index (Phi) is 3.33. The minimum atomic E-state index is -0.439. The molecule has 1 aliphatic heterocycles. The number of aliphatic hydroxyl groups excluding tert-OH is 1. The van der Waals surface area contributed by atoms with Gasteiger partial charge in [0.2, 0.25) is 0 Å². The van der Waals surface area contributed by atoms with Gasteiger partial charge in [0.1, 0.15) is 5.82 Å². The summed E-state index contributed by atoms with van der Waals surface area (Å²) in [5, 5.41) is 9.60. The molecule has 100 valence electrons. The number of hydrogen-bond donors (Lipinski definition) is 1. The molecule has 1 aromatic carbocycles. The molecule has 0 amide bonds. The SMILES string of the molecule is CC(O)c1ccc(N2CCn3ccnc3C2)c(Br)c1. The highest BCUT2D eigenvalue weighted by atomic mass is 79.9. The van der Waals surface area contributed by atoms with E-state index in [1.807, 2.05) is 24.5 Å². The summed E-state index contributed by atoms with van der Waals surface area (Å²) in [7, 11) is 0. The van der Waals surface area contributed by atoms with Gasteiger partial charge < -0.3 is 14.6 Å². The van der Waals surface area contributed by atoms with Crippen LogP contribution < -0.4 is 4.90 Å². The lowest BCUT2D eigenvalue weighted by molar-refractivity contribution is 0.199. The summed E-state index contributed by atoms with van der Waals surface area (Å²) in [5.41, 5.74) is 2.08. The largest absolute Gasteiger partial charge is 0.389 e. The van der Waals surface area contributed by atoms with Gasteiger partial charge in [-0.15, -0.1) is 0 Å². The van der Waals surface area contributed by atoms with Crippen LogP contribution in [0.5, 0.6) is 0 Å². The van der Waals surface area contributed by atoms with Crippen molar-refractivity contribution in [2.75, 3.05) is 11.4 Å². The Balaban J connectivity index is 1.88. The summed E-state index contributed by atoms with van der Waals surface area (Å²) in [4.78, 5) is 6.68. The number of fused-ring (bicyclic) bond motifs is 1. The van der Waals surface area contributed by atoms with Crippen LogP contribution in [-0.4, -0.2) is 21.2 Å². The number of aromatic nitrogens is 2. The maximum Gasteiger partial charge on any atom is 0.128 e. The topological polar surface area (TPSA) is 41.3 Å². The number of hydrogen-bond acceptors (Lipinski definition) is 3. The average Bonchev–Trinajstić information content (AvgIpc) is 2.85. The van der Waals surface area contributed by atoms with E-state index >= 15 is 0 Å². The number of aliphatic hydroxyl groups is 1. The summed E-state index contributed by atoms with van der Waals surface area (Å²) >= 11 is 3.60. The van der Waals surface area contributed by atoms with Gasteiger partial charge in [-0.3, -0.25) is 0 Å². The molecule has 0 saturated heterocycles. The Hall–Kier alpha value is -1.33. The van der Waals surface area contributed by atoms with E-state index in [4.69, 9.17) is 0 Å². The standard InChI is InChI=1S/C14H16BrN3O/c1-10(19)11-2-3-13(12(15)8-11)18-7-6-17-5-4-16-14(17)9-18/h2-5,8,10,19H,6-7,9H2,1H3. The van der Waals surface area contributed by atoms with Crippen molar-refractivity contribution in [3.63, 3.8) is 0 Å². The number of rotatable bonds is 2. The molecule has 0 bridgehead atoms. The first kappa shape index (κ1) is 12.7. The van der Waals surface area contributed by atoms with Gasteiger partial charge in [-0.05, 0) is 40.5 Å². The Bertz CT molecular complexity index is 594. The Morgan fingerprint density at radius 1 is 1.37 bits per heavy atom. The Labute approximate surface area is 120 Å². The fourth-order valence-corrected chi connectivity index (χ4v) is 3.07. The molecule has 0 aliphatic carbocycles. The molecule has 5 heteroatoms. The van der Waals surface area contributed by atoms with Crippen molar-refractivity contribution < 1.29 is 5.11 Å². The van der Waals surface area contributed by atoms with Crippen LogP contribution >= 0.6 is 15.9 Å². The second kappa shape index (κ2) is 4.98. The molecule has 0 fully saturated rings. The number of benzene rings is 1. The van der Waals surface area contributed by atoms with E-state index in [1.54, 1.807) is 6.92 Å². The quantitative estimate of drug-likeness (QED) is 0.924. The average molecular weight is 322 g/mol. The molecule has 2 heterocycles. The summed E-state index contributed by atoms with van der Waals surface area (Å²) < 4.78 is 3.21. The van der Waals surface area contributed by atoms with E-state index in [2.05, 4.69) is 36.4 Å². The van der Waals surface area contributed by atoms with Gasteiger partial charge in [0.25, 0.3) is 0 Å². The summed E-state index contributed by atoms with van der Waals surface area (Å²) in [6, 6.07) is 6.03.